The lowest BCUT2D eigenvalue weighted by Crippen LogP contribution is -2.66. The van der Waals surface area contributed by atoms with Crippen molar-refractivity contribution in [3.05, 3.63) is 95.6 Å². The molecular weight excluding hydrogens is 815 g/mol. The second-order valence-corrected chi connectivity index (χ2v) is 18.4. The van der Waals surface area contributed by atoms with Gasteiger partial charge in [-0.3, -0.25) is 39.0 Å². The molecule has 3 aromatic carbocycles. The second-order valence-electron chi connectivity index (χ2n) is 18.4. The molecule has 330 valence electrons. The number of carbonyl (C=O) groups is 6. The van der Waals surface area contributed by atoms with Gasteiger partial charge in [-0.25, -0.2) is 0 Å². The number of benzene rings is 3. The molecule has 1 aromatic heterocycles. The van der Waals surface area contributed by atoms with E-state index in [4.69, 9.17) is 5.73 Å². The molecule has 16 nitrogen and oxygen atoms in total. The number of carbonyl (C=O) groups excluding carboxylic acids is 6. The summed E-state index contributed by atoms with van der Waals surface area (Å²) in [5.41, 5.74) is 9.78. The Bertz CT molecular complexity index is 2550. The molecule has 0 bridgehead atoms. The SMILES string of the molecule is Nc1nnc(-c2ccccc2O)cc1N1CCC(C(=O)N2CC3(CCN(C(=O)C4CCN(c5ccc6c(c5)C(=O)N(C5CCC(=O)NC5=O)C6=O)CC4)CC3)C2)(c2ccccc2)CC1. The zero-order valence-corrected chi connectivity index (χ0v) is 35.6. The highest BCUT2D eigenvalue weighted by atomic mass is 16.3. The van der Waals surface area contributed by atoms with Crippen LogP contribution in [0.5, 0.6) is 5.75 Å². The van der Waals surface area contributed by atoms with Gasteiger partial charge in [-0.15, -0.1) is 10.2 Å². The van der Waals surface area contributed by atoms with Gasteiger partial charge in [0.05, 0.1) is 27.9 Å². The molecule has 10 rings (SSSR count). The molecule has 16 heteroatoms. The lowest BCUT2D eigenvalue weighted by Gasteiger charge is -2.56. The maximum atomic E-state index is 14.7. The highest BCUT2D eigenvalue weighted by molar-refractivity contribution is 6.23. The van der Waals surface area contributed by atoms with E-state index < -0.39 is 35.1 Å². The number of imide groups is 2. The number of nitrogens with one attached hydrogen (secondary N) is 1. The lowest BCUT2D eigenvalue weighted by atomic mass is 9.67. The molecule has 1 spiro atoms. The van der Waals surface area contributed by atoms with E-state index in [2.05, 4.69) is 37.4 Å². The molecule has 0 radical (unpaired) electrons. The molecule has 5 fully saturated rings. The molecule has 7 heterocycles. The first kappa shape index (κ1) is 41.2. The first-order chi connectivity index (χ1) is 30.9. The zero-order chi connectivity index (χ0) is 44.3. The van der Waals surface area contributed by atoms with Crippen LogP contribution >= 0.6 is 0 Å². The molecule has 64 heavy (non-hydrogen) atoms. The molecule has 4 N–H and O–H groups in total. The van der Waals surface area contributed by atoms with Crippen LogP contribution in [-0.4, -0.2) is 124 Å². The van der Waals surface area contributed by atoms with Gasteiger partial charge in [-0.1, -0.05) is 42.5 Å². The number of rotatable bonds is 7. The Balaban J connectivity index is 0.735. The minimum atomic E-state index is -1.02. The minimum Gasteiger partial charge on any atom is -0.507 e. The van der Waals surface area contributed by atoms with Gasteiger partial charge >= 0.3 is 0 Å². The quantitative estimate of drug-likeness (QED) is 0.228. The van der Waals surface area contributed by atoms with Crippen molar-refractivity contribution in [3.8, 4) is 17.0 Å². The molecule has 0 aliphatic carbocycles. The Morgan fingerprint density at radius 3 is 2.09 bits per heavy atom. The van der Waals surface area contributed by atoms with Crippen molar-refractivity contribution in [2.24, 2.45) is 11.3 Å². The van der Waals surface area contributed by atoms with Crippen molar-refractivity contribution in [2.45, 2.75) is 62.8 Å². The van der Waals surface area contributed by atoms with E-state index in [1.54, 1.807) is 30.3 Å². The van der Waals surface area contributed by atoms with Gasteiger partial charge < -0.3 is 30.4 Å². The Kier molecular flexibility index (Phi) is 10.3. The van der Waals surface area contributed by atoms with E-state index in [1.165, 1.54) is 0 Å². The maximum Gasteiger partial charge on any atom is 0.262 e. The third kappa shape index (κ3) is 7.08. The summed E-state index contributed by atoms with van der Waals surface area (Å²) in [6.07, 6.45) is 4.38. The number of nitrogens with two attached hydrogens (primary N) is 1. The lowest BCUT2D eigenvalue weighted by molar-refractivity contribution is -0.157. The third-order valence-corrected chi connectivity index (χ3v) is 14.8. The third-order valence-electron chi connectivity index (χ3n) is 14.8. The molecule has 0 saturated carbocycles. The molecule has 1 atom stereocenters. The number of aromatic nitrogens is 2. The summed E-state index contributed by atoms with van der Waals surface area (Å²) >= 11 is 0. The van der Waals surface area contributed by atoms with Gasteiger partial charge in [0.1, 0.15) is 11.8 Å². The standard InChI is InChI=1S/C48H51N9O7/c49-41-38(27-36(51-52-41)34-8-4-5-9-39(34)58)54-24-18-48(19-25-54,31-6-2-1-3-7-31)46(64)56-28-47(29-56)16-22-55(23-17-47)43(61)30-14-20-53(21-15-30)32-10-11-33-35(26-32)45(63)57(44(33)62)37-12-13-40(59)50-42(37)60/h1-11,26-27,30,37,58H,12-25,28-29H2,(H2,49,52)(H,50,59,60). The van der Waals surface area contributed by atoms with Gasteiger partial charge in [-0.05, 0) is 86.9 Å². The van der Waals surface area contributed by atoms with E-state index in [0.29, 0.717) is 95.1 Å². The maximum absolute atomic E-state index is 14.7. The second kappa shape index (κ2) is 16.1. The van der Waals surface area contributed by atoms with Gasteiger partial charge in [0.15, 0.2) is 5.82 Å². The summed E-state index contributed by atoms with van der Waals surface area (Å²) in [5.74, 6) is -1.50. The number of hydrogen-bond acceptors (Lipinski definition) is 12. The van der Waals surface area contributed by atoms with E-state index in [0.717, 1.165) is 34.7 Å². The normalized spacial score (nSPS) is 22.1. The van der Waals surface area contributed by atoms with Crippen LogP contribution in [0.2, 0.25) is 0 Å². The number of hydrogen-bond donors (Lipinski definition) is 3. The number of para-hydroxylation sites is 1. The largest absolute Gasteiger partial charge is 0.507 e. The molecule has 6 aliphatic rings. The Morgan fingerprint density at radius 2 is 1.39 bits per heavy atom. The number of aromatic hydroxyl groups is 1. The molecule has 6 aliphatic heterocycles. The van der Waals surface area contributed by atoms with Crippen LogP contribution in [0.25, 0.3) is 11.3 Å². The fourth-order valence-corrected chi connectivity index (χ4v) is 11.0. The Morgan fingerprint density at radius 1 is 0.703 bits per heavy atom. The summed E-state index contributed by atoms with van der Waals surface area (Å²) in [7, 11) is 0. The van der Waals surface area contributed by atoms with Crippen LogP contribution in [0.3, 0.4) is 0 Å². The number of likely N-dealkylation sites (tertiary alicyclic amines) is 2. The van der Waals surface area contributed by atoms with Crippen LogP contribution in [0.4, 0.5) is 17.2 Å². The summed E-state index contributed by atoms with van der Waals surface area (Å²) in [6, 6.07) is 23.1. The average molecular weight is 866 g/mol. The van der Waals surface area contributed by atoms with Crippen LogP contribution in [0.1, 0.15) is 77.6 Å². The van der Waals surface area contributed by atoms with E-state index in [1.807, 2.05) is 46.2 Å². The number of nitrogens with zero attached hydrogens (tertiary/aromatic N) is 7. The van der Waals surface area contributed by atoms with Crippen LogP contribution in [-0.2, 0) is 24.6 Å². The van der Waals surface area contributed by atoms with E-state index >= 15 is 0 Å². The highest BCUT2D eigenvalue weighted by Gasteiger charge is 2.53. The van der Waals surface area contributed by atoms with Crippen molar-refractivity contribution in [2.75, 3.05) is 67.9 Å². The van der Waals surface area contributed by atoms with Crippen molar-refractivity contribution in [1.82, 2.24) is 30.2 Å². The number of phenols is 1. The summed E-state index contributed by atoms with van der Waals surface area (Å²) in [4.78, 5) is 88.7. The smallest absolute Gasteiger partial charge is 0.262 e. The number of nitrogen functional groups attached to an aromatic ring is 1. The molecule has 5 saturated heterocycles. The predicted octanol–water partition coefficient (Wildman–Crippen LogP) is 3.74. The van der Waals surface area contributed by atoms with Gasteiger partial charge in [0.2, 0.25) is 23.6 Å². The van der Waals surface area contributed by atoms with Crippen molar-refractivity contribution in [1.29, 1.82) is 0 Å². The van der Waals surface area contributed by atoms with Crippen molar-refractivity contribution < 1.29 is 33.9 Å². The van der Waals surface area contributed by atoms with Gasteiger partial charge in [0, 0.05) is 81.4 Å². The van der Waals surface area contributed by atoms with Crippen molar-refractivity contribution >= 4 is 52.6 Å². The number of amides is 6. The molecule has 1 unspecified atom stereocenters. The predicted molar refractivity (Wildman–Crippen MR) is 236 cm³/mol. The average Bonchev–Trinajstić information content (AvgIpc) is 3.56. The monoisotopic (exact) mass is 865 g/mol. The Hall–Kier alpha value is -6.84. The van der Waals surface area contributed by atoms with Gasteiger partial charge in [-0.2, -0.15) is 0 Å². The van der Waals surface area contributed by atoms with Crippen LogP contribution < -0.4 is 20.9 Å². The van der Waals surface area contributed by atoms with E-state index in [9.17, 15) is 33.9 Å². The van der Waals surface area contributed by atoms with E-state index in [-0.39, 0.29) is 52.9 Å². The summed E-state index contributed by atoms with van der Waals surface area (Å²) in [6.45, 7) is 5.09. The number of piperidine rings is 4. The minimum absolute atomic E-state index is 0.00881. The first-order valence-corrected chi connectivity index (χ1v) is 22.3. The number of phenolic OH excluding ortho intramolecular Hbond substituents is 1. The number of anilines is 3. The fourth-order valence-electron chi connectivity index (χ4n) is 11.0. The first-order valence-electron chi connectivity index (χ1n) is 22.3. The zero-order valence-electron chi connectivity index (χ0n) is 35.6. The van der Waals surface area contributed by atoms with Crippen LogP contribution in [0, 0.1) is 11.3 Å². The fraction of sp³-hybridized carbons (Fsp3) is 0.417. The Labute approximate surface area is 370 Å². The molecule has 4 aromatic rings. The summed E-state index contributed by atoms with van der Waals surface area (Å²) < 4.78 is 0. The topological polar surface area (TPSA) is 203 Å². The highest BCUT2D eigenvalue weighted by Crippen LogP contribution is 2.46. The van der Waals surface area contributed by atoms with Gasteiger partial charge in [0.25, 0.3) is 11.8 Å². The van der Waals surface area contributed by atoms with Crippen molar-refractivity contribution in [3.63, 3.8) is 0 Å². The molecular formula is C48H51N9O7. The molecule has 6 amide bonds. The summed E-state index contributed by atoms with van der Waals surface area (Å²) in [5, 5.41) is 21.2. The van der Waals surface area contributed by atoms with Crippen LogP contribution in [0.15, 0.2) is 78.9 Å². The number of fused-ring (bicyclic) bond motifs is 1.